The van der Waals surface area contributed by atoms with Crippen molar-refractivity contribution in [3.8, 4) is 22.3 Å². The molecule has 8 rings (SSSR count). The molecule has 6 aromatic carbocycles. The second-order valence-electron chi connectivity index (χ2n) is 16.7. The van der Waals surface area contributed by atoms with Crippen molar-refractivity contribution >= 4 is 53.2 Å². The molecule has 2 radical (unpaired) electrons. The number of aryl methyl sites for hydroxylation is 4. The number of rotatable bonds is 10. The van der Waals surface area contributed by atoms with E-state index < -0.39 is 0 Å². The average molecular weight is 881 g/mol. The molecule has 0 heterocycles. The molecule has 2 saturated carbocycles. The van der Waals surface area contributed by atoms with Crippen molar-refractivity contribution in [1.29, 1.82) is 0 Å². The van der Waals surface area contributed by atoms with Gasteiger partial charge in [0, 0.05) is 0 Å². The third-order valence-electron chi connectivity index (χ3n) is 12.2. The van der Waals surface area contributed by atoms with Crippen LogP contribution in [0.5, 0.6) is 0 Å². The molecule has 0 bridgehead atoms. The average Bonchev–Trinajstić information content (AvgIpc) is 3.70. The maximum absolute atomic E-state index is 3.06. The fraction of sp³-hybridized carbons (Fsp3) is 0.385. The summed E-state index contributed by atoms with van der Waals surface area (Å²) in [6.07, 6.45) is 16.5. The van der Waals surface area contributed by atoms with Crippen LogP contribution in [0, 0.1) is 53.4 Å². The van der Waals surface area contributed by atoms with Gasteiger partial charge in [0.25, 0.3) is 0 Å². The Morgan fingerprint density at radius 1 is 0.536 bits per heavy atom. The van der Waals surface area contributed by atoms with Gasteiger partial charge in [-0.05, 0) is 101 Å². The maximum atomic E-state index is 3.06. The van der Waals surface area contributed by atoms with Crippen molar-refractivity contribution in [3.05, 3.63) is 145 Å². The first-order valence-corrected chi connectivity index (χ1v) is 24.1. The van der Waals surface area contributed by atoms with Gasteiger partial charge >= 0.3 is 30.2 Å². The fourth-order valence-electron chi connectivity index (χ4n) is 9.87. The van der Waals surface area contributed by atoms with E-state index in [1.54, 1.807) is 11.1 Å². The van der Waals surface area contributed by atoms with Crippen LogP contribution in [-0.4, -0.2) is 6.88 Å². The van der Waals surface area contributed by atoms with E-state index in [0.29, 0.717) is 10.8 Å². The molecule has 4 heteroatoms. The van der Waals surface area contributed by atoms with E-state index in [1.165, 1.54) is 166 Å². The van der Waals surface area contributed by atoms with Crippen LogP contribution in [0.1, 0.15) is 111 Å². The van der Waals surface area contributed by atoms with E-state index in [4.69, 9.17) is 0 Å². The normalized spacial score (nSPS) is 14.4. The molecule has 0 aromatic heterocycles. The van der Waals surface area contributed by atoms with Crippen LogP contribution in [0.15, 0.2) is 97.1 Å². The van der Waals surface area contributed by atoms with Gasteiger partial charge in [0.15, 0.2) is 0 Å². The zero-order valence-corrected chi connectivity index (χ0v) is 40.6. The topological polar surface area (TPSA) is 0 Å². The molecule has 0 nitrogen and oxygen atoms in total. The van der Waals surface area contributed by atoms with Crippen LogP contribution in [0.4, 0.5) is 0 Å². The van der Waals surface area contributed by atoms with Crippen molar-refractivity contribution in [1.82, 2.24) is 0 Å². The molecule has 6 aromatic rings. The van der Waals surface area contributed by atoms with Crippen LogP contribution in [-0.2, 0) is 36.2 Å². The minimum absolute atomic E-state index is 0. The molecule has 0 spiro atoms. The third kappa shape index (κ3) is 11.5. The molecule has 0 amide bonds. The molecule has 56 heavy (non-hydrogen) atoms. The van der Waals surface area contributed by atoms with Crippen molar-refractivity contribution in [2.75, 3.05) is 0 Å². The first-order chi connectivity index (χ1) is 25.2. The van der Waals surface area contributed by atoms with Crippen LogP contribution >= 0.6 is 24.8 Å². The van der Waals surface area contributed by atoms with Gasteiger partial charge in [-0.15, -0.1) is 93.9 Å². The number of halogens is 2. The molecule has 0 saturated heterocycles. The Hall–Kier alpha value is -2.22. The van der Waals surface area contributed by atoms with Gasteiger partial charge in [-0.3, -0.25) is 0 Å². The van der Waals surface area contributed by atoms with Crippen molar-refractivity contribution < 1.29 is 23.3 Å². The van der Waals surface area contributed by atoms with Crippen molar-refractivity contribution in [2.45, 2.75) is 119 Å². The Bertz CT molecular complexity index is 1930. The summed E-state index contributed by atoms with van der Waals surface area (Å²) < 4.78 is 0. The number of hydrogen-bond donors (Lipinski definition) is 0. The predicted octanol–water partition coefficient (Wildman–Crippen LogP) is 16.1. The SMILES string of the molecule is CCCC1(Cc2cc3c(-c4cc(C)cc(C)c4)cccc3[cH-]2)CCC1.CCCC1(Cc2cc3c(-c4cc(C)cc(C)c4)cccc3[cH-]2)CCC1.Cl.Cl.[CH3-].[CH3-].[Si]=[Zr]. The fourth-order valence-corrected chi connectivity index (χ4v) is 9.87. The molecule has 2 aliphatic carbocycles. The Morgan fingerprint density at radius 3 is 1.16 bits per heavy atom. The van der Waals surface area contributed by atoms with Crippen LogP contribution < -0.4 is 0 Å². The van der Waals surface area contributed by atoms with Gasteiger partial charge in [0.05, 0.1) is 0 Å². The summed E-state index contributed by atoms with van der Waals surface area (Å²) in [6.45, 7) is 16.5. The number of hydrogen-bond acceptors (Lipinski definition) is 0. The van der Waals surface area contributed by atoms with Gasteiger partial charge in [0.2, 0.25) is 0 Å². The zero-order chi connectivity index (χ0) is 36.9. The Morgan fingerprint density at radius 2 is 0.875 bits per heavy atom. The van der Waals surface area contributed by atoms with E-state index in [-0.39, 0.29) is 39.7 Å². The summed E-state index contributed by atoms with van der Waals surface area (Å²) in [5, 5.41) is 5.65. The van der Waals surface area contributed by atoms with Crippen molar-refractivity contribution in [3.63, 3.8) is 0 Å². The second-order valence-corrected chi connectivity index (χ2v) is 16.7. The molecular formula is C52H66Cl2SiZr-4. The Labute approximate surface area is 370 Å². The third-order valence-corrected chi connectivity index (χ3v) is 12.2. The summed E-state index contributed by atoms with van der Waals surface area (Å²) in [4.78, 5) is 0. The number of fused-ring (bicyclic) bond motifs is 2. The van der Waals surface area contributed by atoms with E-state index in [0.717, 1.165) is 0 Å². The standard InChI is InChI=1S/2C25H29.2CH3.2ClH.Si.Zr/c2*1-4-9-25(10-6-11-25)17-20-15-21-7-5-8-23(24(21)16-20)22-13-18(2)12-19(3)14-22;;;;;;/h2*5,7-8,12-16H,4,6,9-11,17H2,1-3H3;2*1H3;2*1H;;/q4*-1;;;;. The van der Waals surface area contributed by atoms with Gasteiger partial charge in [0.1, 0.15) is 0 Å². The molecule has 0 N–H and O–H groups in total. The van der Waals surface area contributed by atoms with E-state index in [1.807, 2.05) is 0 Å². The summed E-state index contributed by atoms with van der Waals surface area (Å²) in [5.74, 6) is 0. The van der Waals surface area contributed by atoms with Crippen LogP contribution in [0.3, 0.4) is 0 Å². The molecule has 0 atom stereocenters. The number of benzene rings is 4. The summed E-state index contributed by atoms with van der Waals surface area (Å²) in [6, 6.07) is 37.2. The summed E-state index contributed by atoms with van der Waals surface area (Å²) in [5.41, 5.74) is 15.1. The molecular weight excluding hydrogens is 815 g/mol. The Kier molecular flexibility index (Phi) is 19.8. The molecule has 0 unspecified atom stereocenters. The van der Waals surface area contributed by atoms with Crippen LogP contribution in [0.2, 0.25) is 0 Å². The van der Waals surface area contributed by atoms with Crippen LogP contribution in [0.25, 0.3) is 43.8 Å². The zero-order valence-electron chi connectivity index (χ0n) is 35.5. The van der Waals surface area contributed by atoms with E-state index in [2.05, 4.69) is 145 Å². The second kappa shape index (κ2) is 22.2. The van der Waals surface area contributed by atoms with Crippen molar-refractivity contribution in [2.24, 2.45) is 10.8 Å². The van der Waals surface area contributed by atoms with Gasteiger partial charge in [-0.2, -0.15) is 12.1 Å². The Balaban J connectivity index is 0.000000347. The van der Waals surface area contributed by atoms with E-state index in [9.17, 15) is 0 Å². The molecule has 2 aliphatic rings. The summed E-state index contributed by atoms with van der Waals surface area (Å²) >= 11 is 1.36. The molecule has 0 aliphatic heterocycles. The first kappa shape index (κ1) is 49.9. The summed E-state index contributed by atoms with van der Waals surface area (Å²) in [7, 11) is 0. The first-order valence-electron chi connectivity index (χ1n) is 20.0. The van der Waals surface area contributed by atoms with Gasteiger partial charge in [-0.1, -0.05) is 121 Å². The molecule has 300 valence electrons. The molecule has 2 fully saturated rings. The van der Waals surface area contributed by atoms with Gasteiger partial charge < -0.3 is 14.9 Å². The predicted molar refractivity (Wildman–Crippen MR) is 252 cm³/mol. The quantitative estimate of drug-likeness (QED) is 0.0950. The minimum atomic E-state index is 0. The van der Waals surface area contributed by atoms with Gasteiger partial charge in [-0.25, -0.2) is 0 Å². The van der Waals surface area contributed by atoms with E-state index >= 15 is 0 Å². The monoisotopic (exact) mass is 878 g/mol.